The van der Waals surface area contributed by atoms with Crippen LogP contribution in [0.1, 0.15) is 16.7 Å². The van der Waals surface area contributed by atoms with E-state index in [9.17, 15) is 9.18 Å². The molecule has 2 aliphatic heterocycles. The molecule has 6 heteroatoms. The van der Waals surface area contributed by atoms with Gasteiger partial charge in [0.1, 0.15) is 11.6 Å². The Hall–Kier alpha value is -2.44. The van der Waals surface area contributed by atoms with E-state index in [1.807, 2.05) is 6.92 Å². The van der Waals surface area contributed by atoms with E-state index < -0.39 is 5.82 Å². The summed E-state index contributed by atoms with van der Waals surface area (Å²) in [6.45, 7) is 7.31. The lowest BCUT2D eigenvalue weighted by molar-refractivity contribution is -0.117. The molecule has 0 radical (unpaired) electrons. The number of halogens is 1. The van der Waals surface area contributed by atoms with Gasteiger partial charge in [-0.3, -0.25) is 14.6 Å². The Morgan fingerprint density at radius 3 is 2.68 bits per heavy atom. The second-order valence-electron chi connectivity index (χ2n) is 7.62. The lowest BCUT2D eigenvalue weighted by Crippen LogP contribution is -2.48. The van der Waals surface area contributed by atoms with Crippen LogP contribution in [-0.4, -0.2) is 55.0 Å². The molecule has 0 atom stereocenters. The maximum atomic E-state index is 13.9. The number of piperazine rings is 1. The fourth-order valence-corrected chi connectivity index (χ4v) is 3.82. The molecule has 2 aromatic rings. The zero-order valence-electron chi connectivity index (χ0n) is 16.2. The van der Waals surface area contributed by atoms with Crippen LogP contribution in [0.3, 0.4) is 0 Å². The van der Waals surface area contributed by atoms with Gasteiger partial charge in [0.05, 0.1) is 18.8 Å². The fourth-order valence-electron chi connectivity index (χ4n) is 3.82. The van der Waals surface area contributed by atoms with E-state index >= 15 is 0 Å². The Balaban J connectivity index is 1.24. The largest absolute Gasteiger partial charge is 0.493 e. The molecular formula is C22H26FN3O2. The average Bonchev–Trinajstić information content (AvgIpc) is 3.13. The van der Waals surface area contributed by atoms with Gasteiger partial charge in [0.25, 0.3) is 0 Å². The number of rotatable bonds is 5. The number of amides is 1. The predicted molar refractivity (Wildman–Crippen MR) is 107 cm³/mol. The molecule has 0 saturated carbocycles. The van der Waals surface area contributed by atoms with Crippen LogP contribution in [-0.2, 0) is 17.8 Å². The van der Waals surface area contributed by atoms with Gasteiger partial charge in [0, 0.05) is 39.1 Å². The molecule has 0 spiro atoms. The number of benzene rings is 2. The molecular weight excluding hydrogens is 357 g/mol. The van der Waals surface area contributed by atoms with Crippen molar-refractivity contribution in [2.24, 2.45) is 0 Å². The van der Waals surface area contributed by atoms with Crippen molar-refractivity contribution in [2.75, 3.05) is 44.6 Å². The summed E-state index contributed by atoms with van der Waals surface area (Å²) >= 11 is 0. The molecule has 28 heavy (non-hydrogen) atoms. The highest BCUT2D eigenvalue weighted by Crippen LogP contribution is 2.26. The van der Waals surface area contributed by atoms with E-state index in [0.29, 0.717) is 0 Å². The molecule has 1 amide bonds. The summed E-state index contributed by atoms with van der Waals surface area (Å²) in [6.07, 6.45) is 0.994. The number of carbonyl (C=O) groups is 1. The summed E-state index contributed by atoms with van der Waals surface area (Å²) in [4.78, 5) is 16.8. The minimum absolute atomic E-state index is 0.171. The van der Waals surface area contributed by atoms with Crippen molar-refractivity contribution in [3.05, 3.63) is 58.9 Å². The van der Waals surface area contributed by atoms with E-state index in [-0.39, 0.29) is 18.1 Å². The smallest absolute Gasteiger partial charge is 0.238 e. The molecule has 1 saturated heterocycles. The Labute approximate surface area is 165 Å². The van der Waals surface area contributed by atoms with Gasteiger partial charge in [0.15, 0.2) is 0 Å². The molecule has 0 bridgehead atoms. The third-order valence-electron chi connectivity index (χ3n) is 5.39. The maximum absolute atomic E-state index is 13.9. The number of anilines is 1. The van der Waals surface area contributed by atoms with Crippen molar-refractivity contribution >= 4 is 11.6 Å². The van der Waals surface area contributed by atoms with Crippen LogP contribution in [0.4, 0.5) is 10.1 Å². The van der Waals surface area contributed by atoms with Crippen LogP contribution in [0.5, 0.6) is 5.75 Å². The minimum Gasteiger partial charge on any atom is -0.493 e. The number of aryl methyl sites for hydroxylation is 1. The van der Waals surface area contributed by atoms with Crippen LogP contribution in [0.15, 0.2) is 36.4 Å². The number of fused-ring (bicyclic) bond motifs is 1. The van der Waals surface area contributed by atoms with E-state index in [0.717, 1.165) is 57.1 Å². The topological polar surface area (TPSA) is 44.8 Å². The van der Waals surface area contributed by atoms with Crippen LogP contribution in [0.25, 0.3) is 0 Å². The van der Waals surface area contributed by atoms with E-state index in [2.05, 4.69) is 33.3 Å². The second-order valence-corrected chi connectivity index (χ2v) is 7.62. The van der Waals surface area contributed by atoms with Gasteiger partial charge in [-0.25, -0.2) is 4.39 Å². The third-order valence-corrected chi connectivity index (χ3v) is 5.39. The molecule has 148 valence electrons. The third kappa shape index (κ3) is 4.51. The molecule has 0 aromatic heterocycles. The van der Waals surface area contributed by atoms with Gasteiger partial charge >= 0.3 is 0 Å². The van der Waals surface area contributed by atoms with Gasteiger partial charge < -0.3 is 10.1 Å². The summed E-state index contributed by atoms with van der Waals surface area (Å²) in [6, 6.07) is 11.3. The first-order chi connectivity index (χ1) is 13.6. The number of carbonyl (C=O) groups excluding carboxylic acids is 1. The van der Waals surface area contributed by atoms with E-state index in [4.69, 9.17) is 4.74 Å². The molecule has 0 unspecified atom stereocenters. The Bertz CT molecular complexity index is 863. The molecule has 1 N–H and O–H groups in total. The second kappa shape index (κ2) is 8.29. The Morgan fingerprint density at radius 1 is 1.11 bits per heavy atom. The highest BCUT2D eigenvalue weighted by molar-refractivity contribution is 5.92. The summed E-state index contributed by atoms with van der Waals surface area (Å²) in [7, 11) is 0. The zero-order valence-corrected chi connectivity index (χ0v) is 16.2. The first kappa shape index (κ1) is 18.9. The summed E-state index contributed by atoms with van der Waals surface area (Å²) in [5, 5.41) is 2.68. The zero-order chi connectivity index (χ0) is 19.5. The van der Waals surface area contributed by atoms with Gasteiger partial charge in [-0.05, 0) is 41.8 Å². The molecule has 4 rings (SSSR count). The molecule has 0 aliphatic carbocycles. The van der Waals surface area contributed by atoms with Crippen LogP contribution in [0, 0.1) is 12.7 Å². The SMILES string of the molecule is Cc1ccc(NC(=O)CN2CCN(Cc3ccc4c(c3)CCO4)CC2)c(F)c1. The van der Waals surface area contributed by atoms with Crippen LogP contribution in [0.2, 0.25) is 0 Å². The summed E-state index contributed by atoms with van der Waals surface area (Å²) in [5.74, 6) is 0.456. The van der Waals surface area contributed by atoms with Crippen LogP contribution < -0.4 is 10.1 Å². The summed E-state index contributed by atoms with van der Waals surface area (Å²) < 4.78 is 19.5. The minimum atomic E-state index is -0.391. The molecule has 2 heterocycles. The highest BCUT2D eigenvalue weighted by Gasteiger charge is 2.20. The maximum Gasteiger partial charge on any atom is 0.238 e. The van der Waals surface area contributed by atoms with Crippen molar-refractivity contribution < 1.29 is 13.9 Å². The first-order valence-corrected chi connectivity index (χ1v) is 9.82. The molecule has 2 aromatic carbocycles. The van der Waals surface area contributed by atoms with E-state index in [1.165, 1.54) is 17.2 Å². The van der Waals surface area contributed by atoms with Crippen molar-refractivity contribution in [1.82, 2.24) is 9.80 Å². The average molecular weight is 383 g/mol. The molecule has 1 fully saturated rings. The van der Waals surface area contributed by atoms with E-state index in [1.54, 1.807) is 12.1 Å². The predicted octanol–water partition coefficient (Wildman–Crippen LogP) is 2.83. The number of nitrogens with zero attached hydrogens (tertiary/aromatic N) is 2. The van der Waals surface area contributed by atoms with Crippen molar-refractivity contribution in [3.63, 3.8) is 0 Å². The normalized spacial score (nSPS) is 17.2. The van der Waals surface area contributed by atoms with Gasteiger partial charge in [-0.2, -0.15) is 0 Å². The summed E-state index contributed by atoms with van der Waals surface area (Å²) in [5.41, 5.74) is 3.69. The van der Waals surface area contributed by atoms with Gasteiger partial charge in [-0.1, -0.05) is 18.2 Å². The number of hydrogen-bond donors (Lipinski definition) is 1. The molecule has 2 aliphatic rings. The molecule has 5 nitrogen and oxygen atoms in total. The monoisotopic (exact) mass is 383 g/mol. The number of ether oxygens (including phenoxy) is 1. The lowest BCUT2D eigenvalue weighted by atomic mass is 10.1. The van der Waals surface area contributed by atoms with Gasteiger partial charge in [-0.15, -0.1) is 0 Å². The Kier molecular flexibility index (Phi) is 5.59. The quantitative estimate of drug-likeness (QED) is 0.862. The highest BCUT2D eigenvalue weighted by atomic mass is 19.1. The van der Waals surface area contributed by atoms with Crippen LogP contribution >= 0.6 is 0 Å². The standard InChI is InChI=1S/C22H26FN3O2/c1-16-2-4-20(19(23)12-16)24-22(27)15-26-9-7-25(8-10-26)14-17-3-5-21-18(13-17)6-11-28-21/h2-5,12-13H,6-11,14-15H2,1H3,(H,24,27). The Morgan fingerprint density at radius 2 is 1.89 bits per heavy atom. The number of nitrogens with one attached hydrogen (secondary N) is 1. The number of hydrogen-bond acceptors (Lipinski definition) is 4. The first-order valence-electron chi connectivity index (χ1n) is 9.82. The van der Waals surface area contributed by atoms with Gasteiger partial charge in [0.2, 0.25) is 5.91 Å². The van der Waals surface area contributed by atoms with Crippen molar-refractivity contribution in [3.8, 4) is 5.75 Å². The lowest BCUT2D eigenvalue weighted by Gasteiger charge is -2.34. The fraction of sp³-hybridized carbons (Fsp3) is 0.409. The van der Waals surface area contributed by atoms with Crippen molar-refractivity contribution in [1.29, 1.82) is 0 Å². The van der Waals surface area contributed by atoms with Crippen molar-refractivity contribution in [2.45, 2.75) is 19.9 Å².